The van der Waals surface area contributed by atoms with Gasteiger partial charge in [0, 0.05) is 31.6 Å². The van der Waals surface area contributed by atoms with E-state index in [1.807, 2.05) is 6.92 Å². The quantitative estimate of drug-likeness (QED) is 0.735. The van der Waals surface area contributed by atoms with Gasteiger partial charge in [0.1, 0.15) is 17.4 Å². The van der Waals surface area contributed by atoms with Gasteiger partial charge in [0.2, 0.25) is 0 Å². The fraction of sp³-hybridized carbons (Fsp3) is 0.636. The van der Waals surface area contributed by atoms with Crippen molar-refractivity contribution in [2.75, 3.05) is 32.8 Å². The molecule has 0 N–H and O–H groups in total. The van der Waals surface area contributed by atoms with E-state index in [-0.39, 0.29) is 0 Å². The van der Waals surface area contributed by atoms with Crippen molar-refractivity contribution in [3.8, 4) is 5.75 Å². The van der Waals surface area contributed by atoms with Gasteiger partial charge in [-0.25, -0.2) is 0 Å². The van der Waals surface area contributed by atoms with Gasteiger partial charge in [0.05, 0.1) is 13.2 Å². The van der Waals surface area contributed by atoms with Gasteiger partial charge in [0.15, 0.2) is 0 Å². The lowest BCUT2D eigenvalue weighted by molar-refractivity contribution is 0.192. The van der Waals surface area contributed by atoms with Crippen molar-refractivity contribution >= 4 is 0 Å². The third-order valence-corrected chi connectivity index (χ3v) is 6.10. The van der Waals surface area contributed by atoms with Crippen LogP contribution in [-0.2, 0) is 20.1 Å². The van der Waals surface area contributed by atoms with E-state index in [1.54, 1.807) is 0 Å². The number of benzene rings is 1. The molecule has 152 valence electrons. The molecule has 6 nitrogen and oxygen atoms in total. The van der Waals surface area contributed by atoms with Crippen LogP contribution in [0.2, 0.25) is 0 Å². The number of ether oxygens (including phenoxy) is 1. The van der Waals surface area contributed by atoms with Crippen molar-refractivity contribution < 1.29 is 4.74 Å². The summed E-state index contributed by atoms with van der Waals surface area (Å²) in [6.45, 7) is 9.18. The van der Waals surface area contributed by atoms with Gasteiger partial charge >= 0.3 is 0 Å². The molecule has 2 fully saturated rings. The van der Waals surface area contributed by atoms with Crippen LogP contribution in [0.25, 0.3) is 0 Å². The number of piperidine rings is 1. The minimum atomic E-state index is 0.456. The smallest absolute Gasteiger partial charge is 0.146 e. The highest BCUT2D eigenvalue weighted by Gasteiger charge is 2.27. The van der Waals surface area contributed by atoms with E-state index >= 15 is 0 Å². The summed E-state index contributed by atoms with van der Waals surface area (Å²) in [4.78, 5) is 5.03. The van der Waals surface area contributed by atoms with Crippen LogP contribution in [0.4, 0.5) is 0 Å². The van der Waals surface area contributed by atoms with E-state index in [9.17, 15) is 0 Å². The highest BCUT2D eigenvalue weighted by atomic mass is 16.5. The van der Waals surface area contributed by atoms with Crippen LogP contribution in [0, 0.1) is 0 Å². The molecule has 28 heavy (non-hydrogen) atoms. The summed E-state index contributed by atoms with van der Waals surface area (Å²) < 4.78 is 8.07. The van der Waals surface area contributed by atoms with Crippen molar-refractivity contribution in [2.45, 2.75) is 51.6 Å². The number of para-hydroxylation sites is 1. The molecule has 2 aromatic rings. The molecule has 2 aliphatic rings. The van der Waals surface area contributed by atoms with Crippen LogP contribution in [0.5, 0.6) is 5.75 Å². The third-order valence-electron chi connectivity index (χ3n) is 6.10. The normalized spacial score (nSPS) is 21.3. The maximum atomic E-state index is 5.82. The lowest BCUT2D eigenvalue weighted by atomic mass is 9.96. The molecule has 4 rings (SSSR count). The van der Waals surface area contributed by atoms with Crippen LogP contribution in [0.15, 0.2) is 24.3 Å². The molecule has 1 aromatic heterocycles. The number of aromatic nitrogens is 3. The number of hydrogen-bond acceptors (Lipinski definition) is 5. The van der Waals surface area contributed by atoms with Crippen LogP contribution >= 0.6 is 0 Å². The molecule has 0 bridgehead atoms. The molecule has 0 spiro atoms. The largest absolute Gasteiger partial charge is 0.494 e. The number of likely N-dealkylation sites (tertiary alicyclic amines) is 2. The van der Waals surface area contributed by atoms with Crippen LogP contribution in [0.1, 0.15) is 55.7 Å². The van der Waals surface area contributed by atoms with Gasteiger partial charge in [-0.1, -0.05) is 18.2 Å². The minimum Gasteiger partial charge on any atom is -0.494 e. The molecule has 0 amide bonds. The lowest BCUT2D eigenvalue weighted by Crippen LogP contribution is -2.35. The molecule has 1 aromatic carbocycles. The molecule has 6 heteroatoms. The SMILES string of the molecule is CCOc1ccccc1CN1CCC[C@H](c2nnc(CN3CCCC3)n2C)C1. The molecule has 2 aliphatic heterocycles. The Hall–Kier alpha value is -1.92. The van der Waals surface area contributed by atoms with E-state index in [2.05, 4.69) is 55.9 Å². The van der Waals surface area contributed by atoms with Crippen molar-refractivity contribution in [1.29, 1.82) is 0 Å². The molecule has 1 atom stereocenters. The van der Waals surface area contributed by atoms with E-state index in [4.69, 9.17) is 4.74 Å². The Morgan fingerprint density at radius 2 is 1.79 bits per heavy atom. The second kappa shape index (κ2) is 9.05. The maximum absolute atomic E-state index is 5.82. The molecule has 3 heterocycles. The summed E-state index contributed by atoms with van der Waals surface area (Å²) >= 11 is 0. The van der Waals surface area contributed by atoms with Gasteiger partial charge in [0.25, 0.3) is 0 Å². The van der Waals surface area contributed by atoms with Gasteiger partial charge in [-0.15, -0.1) is 10.2 Å². The van der Waals surface area contributed by atoms with E-state index < -0.39 is 0 Å². The van der Waals surface area contributed by atoms with E-state index in [0.717, 1.165) is 43.6 Å². The third kappa shape index (κ3) is 4.39. The Bertz CT molecular complexity index is 768. The minimum absolute atomic E-state index is 0.456. The predicted octanol–water partition coefficient (Wildman–Crippen LogP) is 3.19. The van der Waals surface area contributed by atoms with Gasteiger partial charge in [-0.3, -0.25) is 9.80 Å². The van der Waals surface area contributed by atoms with Crippen LogP contribution in [0.3, 0.4) is 0 Å². The molecular weight excluding hydrogens is 350 g/mol. The van der Waals surface area contributed by atoms with E-state index in [1.165, 1.54) is 44.3 Å². The molecule has 0 saturated carbocycles. The second-order valence-electron chi connectivity index (χ2n) is 8.13. The van der Waals surface area contributed by atoms with Gasteiger partial charge in [-0.2, -0.15) is 0 Å². The summed E-state index contributed by atoms with van der Waals surface area (Å²) in [5.41, 5.74) is 1.28. The van der Waals surface area contributed by atoms with Crippen molar-refractivity contribution in [3.63, 3.8) is 0 Å². The standard InChI is InChI=1S/C22H33N5O/c1-3-28-20-11-5-4-9-18(20)15-27-14-8-10-19(16-27)22-24-23-21(25(22)2)17-26-12-6-7-13-26/h4-5,9,11,19H,3,6-8,10,12-17H2,1-2H3/t19-/m0/s1. The molecule has 0 aliphatic carbocycles. The first kappa shape index (κ1) is 19.4. The summed E-state index contributed by atoms with van der Waals surface area (Å²) in [7, 11) is 2.14. The summed E-state index contributed by atoms with van der Waals surface area (Å²) in [5, 5.41) is 9.14. The Labute approximate surface area is 168 Å². The fourth-order valence-corrected chi connectivity index (χ4v) is 4.59. The zero-order valence-electron chi connectivity index (χ0n) is 17.3. The summed E-state index contributed by atoms with van der Waals surface area (Å²) in [6, 6.07) is 8.42. The van der Waals surface area contributed by atoms with E-state index in [0.29, 0.717) is 12.5 Å². The highest BCUT2D eigenvalue weighted by Crippen LogP contribution is 2.29. The number of nitrogens with zero attached hydrogens (tertiary/aromatic N) is 5. The first-order valence-corrected chi connectivity index (χ1v) is 10.8. The number of hydrogen-bond donors (Lipinski definition) is 0. The summed E-state index contributed by atoms with van der Waals surface area (Å²) in [5.74, 6) is 3.73. The van der Waals surface area contributed by atoms with Gasteiger partial charge < -0.3 is 9.30 Å². The Morgan fingerprint density at radius 3 is 2.61 bits per heavy atom. The van der Waals surface area contributed by atoms with Crippen molar-refractivity contribution in [1.82, 2.24) is 24.6 Å². The molecule has 2 saturated heterocycles. The number of rotatable bonds is 7. The van der Waals surface area contributed by atoms with Crippen LogP contribution in [-0.4, -0.2) is 57.4 Å². The molecular formula is C22H33N5O. The lowest BCUT2D eigenvalue weighted by Gasteiger charge is -2.32. The Morgan fingerprint density at radius 1 is 1.00 bits per heavy atom. The molecule has 0 radical (unpaired) electrons. The summed E-state index contributed by atoms with van der Waals surface area (Å²) in [6.07, 6.45) is 5.02. The first-order chi connectivity index (χ1) is 13.7. The average Bonchev–Trinajstić information content (AvgIpc) is 3.35. The van der Waals surface area contributed by atoms with Crippen molar-refractivity contribution in [3.05, 3.63) is 41.5 Å². The topological polar surface area (TPSA) is 46.4 Å². The highest BCUT2D eigenvalue weighted by molar-refractivity contribution is 5.33. The maximum Gasteiger partial charge on any atom is 0.146 e. The Balaban J connectivity index is 1.42. The van der Waals surface area contributed by atoms with Crippen LogP contribution < -0.4 is 4.74 Å². The fourth-order valence-electron chi connectivity index (χ4n) is 4.59. The first-order valence-electron chi connectivity index (χ1n) is 10.8. The monoisotopic (exact) mass is 383 g/mol. The zero-order chi connectivity index (χ0) is 19.3. The Kier molecular flexibility index (Phi) is 6.27. The molecule has 0 unspecified atom stereocenters. The van der Waals surface area contributed by atoms with Gasteiger partial charge in [-0.05, 0) is 58.3 Å². The zero-order valence-corrected chi connectivity index (χ0v) is 17.3. The van der Waals surface area contributed by atoms with Crippen molar-refractivity contribution in [2.24, 2.45) is 7.05 Å². The second-order valence-corrected chi connectivity index (χ2v) is 8.13. The average molecular weight is 384 g/mol. The predicted molar refractivity (Wildman–Crippen MR) is 110 cm³/mol.